The van der Waals surface area contributed by atoms with Crippen molar-refractivity contribution in [3.63, 3.8) is 0 Å². The van der Waals surface area contributed by atoms with Crippen molar-refractivity contribution in [2.75, 3.05) is 5.33 Å². The molecule has 0 saturated heterocycles. The van der Waals surface area contributed by atoms with E-state index in [0.29, 0.717) is 5.33 Å². The summed E-state index contributed by atoms with van der Waals surface area (Å²) in [5, 5.41) is 0.643. The predicted molar refractivity (Wildman–Crippen MR) is 51.8 cm³/mol. The Labute approximate surface area is 79.9 Å². The second kappa shape index (κ2) is 4.27. The zero-order valence-electron chi connectivity index (χ0n) is 6.70. The summed E-state index contributed by atoms with van der Waals surface area (Å²) >= 11 is 3.20. The first-order valence-electron chi connectivity index (χ1n) is 3.55. The lowest BCUT2D eigenvalue weighted by molar-refractivity contribution is 0.626. The van der Waals surface area contributed by atoms with Crippen LogP contribution in [0.25, 0.3) is 0 Å². The molecule has 0 aliphatic heterocycles. The summed E-state index contributed by atoms with van der Waals surface area (Å²) in [6, 6.07) is 4.60. The second-order valence-corrected chi connectivity index (χ2v) is 2.96. The third-order valence-electron chi connectivity index (χ3n) is 1.48. The van der Waals surface area contributed by atoms with Crippen molar-refractivity contribution in [2.24, 2.45) is 0 Å². The van der Waals surface area contributed by atoms with E-state index in [-0.39, 0.29) is 5.82 Å². The van der Waals surface area contributed by atoms with Crippen LogP contribution in [0.4, 0.5) is 4.39 Å². The normalized spacial score (nSPS) is 8.92. The van der Waals surface area contributed by atoms with E-state index in [1.807, 2.05) is 6.92 Å². The van der Waals surface area contributed by atoms with Crippen LogP contribution in [0.2, 0.25) is 0 Å². The molecule has 0 aromatic heterocycles. The zero-order chi connectivity index (χ0) is 8.97. The fraction of sp³-hybridized carbons (Fsp3) is 0.200. The van der Waals surface area contributed by atoms with E-state index in [0.717, 1.165) is 11.1 Å². The van der Waals surface area contributed by atoms with Crippen molar-refractivity contribution >= 4 is 15.9 Å². The van der Waals surface area contributed by atoms with E-state index < -0.39 is 0 Å². The molecule has 0 nitrogen and oxygen atoms in total. The lowest BCUT2D eigenvalue weighted by atomic mass is 10.1. The molecule has 0 amide bonds. The van der Waals surface area contributed by atoms with Crippen LogP contribution in [-0.4, -0.2) is 5.33 Å². The van der Waals surface area contributed by atoms with Crippen LogP contribution in [0.3, 0.4) is 0 Å². The van der Waals surface area contributed by atoms with Gasteiger partial charge in [0.1, 0.15) is 5.82 Å². The summed E-state index contributed by atoms with van der Waals surface area (Å²) in [5.41, 5.74) is 1.76. The summed E-state index contributed by atoms with van der Waals surface area (Å²) in [6.07, 6.45) is 0. The van der Waals surface area contributed by atoms with Gasteiger partial charge in [0.15, 0.2) is 0 Å². The number of benzene rings is 1. The molecule has 0 spiro atoms. The SMILES string of the molecule is Cc1cc(F)ccc1C#CCBr. The second-order valence-electron chi connectivity index (χ2n) is 2.39. The zero-order valence-corrected chi connectivity index (χ0v) is 8.28. The molecule has 0 fully saturated rings. The highest BCUT2D eigenvalue weighted by atomic mass is 79.9. The fourth-order valence-electron chi connectivity index (χ4n) is 0.896. The monoisotopic (exact) mass is 226 g/mol. The Morgan fingerprint density at radius 2 is 2.25 bits per heavy atom. The van der Waals surface area contributed by atoms with Gasteiger partial charge in [-0.15, -0.1) is 0 Å². The highest BCUT2D eigenvalue weighted by Crippen LogP contribution is 2.08. The minimum Gasteiger partial charge on any atom is -0.207 e. The van der Waals surface area contributed by atoms with Gasteiger partial charge in [0.25, 0.3) is 0 Å². The standard InChI is InChI=1S/C10H8BrF/c1-8-7-10(12)5-4-9(8)3-2-6-11/h4-5,7H,6H2,1H3. The number of halogens is 2. The third kappa shape index (κ3) is 2.35. The molecule has 0 saturated carbocycles. The van der Waals surface area contributed by atoms with Crippen molar-refractivity contribution in [1.29, 1.82) is 0 Å². The Balaban J connectivity index is 3.01. The minimum atomic E-state index is -0.211. The van der Waals surface area contributed by atoms with Crippen molar-refractivity contribution in [2.45, 2.75) is 6.92 Å². The molecule has 0 heterocycles. The summed E-state index contributed by atoms with van der Waals surface area (Å²) in [6.45, 7) is 1.85. The molecule has 0 atom stereocenters. The molecule has 0 radical (unpaired) electrons. The van der Waals surface area contributed by atoms with Crippen LogP contribution in [-0.2, 0) is 0 Å². The van der Waals surface area contributed by atoms with E-state index in [9.17, 15) is 4.39 Å². The molecule has 12 heavy (non-hydrogen) atoms. The maximum Gasteiger partial charge on any atom is 0.123 e. The molecule has 0 bridgehead atoms. The quantitative estimate of drug-likeness (QED) is 0.472. The highest BCUT2D eigenvalue weighted by Gasteiger charge is 1.95. The van der Waals surface area contributed by atoms with E-state index in [1.165, 1.54) is 12.1 Å². The number of aryl methyl sites for hydroxylation is 1. The van der Waals surface area contributed by atoms with Crippen molar-refractivity contribution in [3.8, 4) is 11.8 Å². The van der Waals surface area contributed by atoms with Gasteiger partial charge in [-0.25, -0.2) is 4.39 Å². The van der Waals surface area contributed by atoms with Gasteiger partial charge in [0, 0.05) is 5.56 Å². The molecular formula is C10H8BrF. The van der Waals surface area contributed by atoms with Crippen molar-refractivity contribution in [3.05, 3.63) is 35.1 Å². The lowest BCUT2D eigenvalue weighted by Gasteiger charge is -1.96. The third-order valence-corrected chi connectivity index (χ3v) is 1.76. The van der Waals surface area contributed by atoms with Crippen molar-refractivity contribution < 1.29 is 4.39 Å². The van der Waals surface area contributed by atoms with Gasteiger partial charge < -0.3 is 0 Å². The largest absolute Gasteiger partial charge is 0.207 e. The molecule has 0 N–H and O–H groups in total. The average Bonchev–Trinajstić information content (AvgIpc) is 2.03. The highest BCUT2D eigenvalue weighted by molar-refractivity contribution is 9.09. The fourth-order valence-corrected chi connectivity index (χ4v) is 1.04. The Morgan fingerprint density at radius 1 is 1.50 bits per heavy atom. The molecule has 2 heteroatoms. The summed E-state index contributed by atoms with van der Waals surface area (Å²) in [4.78, 5) is 0. The van der Waals surface area contributed by atoms with E-state index >= 15 is 0 Å². The average molecular weight is 227 g/mol. The van der Waals surface area contributed by atoms with Gasteiger partial charge in [-0.05, 0) is 30.7 Å². The van der Waals surface area contributed by atoms with Gasteiger partial charge in [-0.1, -0.05) is 27.8 Å². The van der Waals surface area contributed by atoms with Crippen LogP contribution in [0, 0.1) is 24.6 Å². The van der Waals surface area contributed by atoms with Crippen LogP contribution in [0.1, 0.15) is 11.1 Å². The Bertz CT molecular complexity index is 333. The van der Waals surface area contributed by atoms with E-state index in [2.05, 4.69) is 27.8 Å². The molecule has 0 unspecified atom stereocenters. The number of alkyl halides is 1. The molecule has 1 aromatic carbocycles. The minimum absolute atomic E-state index is 0.211. The number of hydrogen-bond acceptors (Lipinski definition) is 0. The molecule has 1 aromatic rings. The van der Waals surface area contributed by atoms with Crippen LogP contribution < -0.4 is 0 Å². The topological polar surface area (TPSA) is 0 Å². The number of hydrogen-bond donors (Lipinski definition) is 0. The van der Waals surface area contributed by atoms with Crippen LogP contribution >= 0.6 is 15.9 Å². The first-order valence-corrected chi connectivity index (χ1v) is 4.67. The summed E-state index contributed by atoms with van der Waals surface area (Å²) in [7, 11) is 0. The Kier molecular flexibility index (Phi) is 3.31. The molecule has 62 valence electrons. The van der Waals surface area contributed by atoms with Crippen LogP contribution in [0.15, 0.2) is 18.2 Å². The lowest BCUT2D eigenvalue weighted by Crippen LogP contribution is -1.83. The van der Waals surface area contributed by atoms with E-state index in [4.69, 9.17) is 0 Å². The Morgan fingerprint density at radius 3 is 2.83 bits per heavy atom. The maximum atomic E-state index is 12.6. The van der Waals surface area contributed by atoms with Gasteiger partial charge in [-0.2, -0.15) is 0 Å². The van der Waals surface area contributed by atoms with Gasteiger partial charge >= 0.3 is 0 Å². The molecule has 1 rings (SSSR count). The van der Waals surface area contributed by atoms with Gasteiger partial charge in [-0.3, -0.25) is 0 Å². The molecule has 0 aliphatic carbocycles. The Hall–Kier alpha value is -0.810. The van der Waals surface area contributed by atoms with Gasteiger partial charge in [0.05, 0.1) is 5.33 Å². The smallest absolute Gasteiger partial charge is 0.123 e. The molecule has 0 aliphatic rings. The van der Waals surface area contributed by atoms with Crippen molar-refractivity contribution in [1.82, 2.24) is 0 Å². The van der Waals surface area contributed by atoms with E-state index in [1.54, 1.807) is 6.07 Å². The first-order chi connectivity index (χ1) is 5.74. The summed E-state index contributed by atoms with van der Waals surface area (Å²) in [5.74, 6) is 5.58. The first kappa shape index (κ1) is 9.28. The maximum absolute atomic E-state index is 12.6. The predicted octanol–water partition coefficient (Wildman–Crippen LogP) is 2.88. The molecular weight excluding hydrogens is 219 g/mol. The summed E-state index contributed by atoms with van der Waals surface area (Å²) < 4.78 is 12.6. The van der Waals surface area contributed by atoms with Crippen LogP contribution in [0.5, 0.6) is 0 Å². The van der Waals surface area contributed by atoms with Gasteiger partial charge in [0.2, 0.25) is 0 Å². The number of rotatable bonds is 0.